The molecule has 2 rings (SSSR count). The molecule has 0 fully saturated rings. The van der Waals surface area contributed by atoms with Crippen LogP contribution in [0, 0.1) is 0 Å². The maximum atomic E-state index is 12.2. The van der Waals surface area contributed by atoms with Gasteiger partial charge in [0.15, 0.2) is 0 Å². The van der Waals surface area contributed by atoms with E-state index in [-0.39, 0.29) is 17.9 Å². The second-order valence-corrected chi connectivity index (χ2v) is 6.50. The van der Waals surface area contributed by atoms with Crippen molar-refractivity contribution in [1.29, 1.82) is 0 Å². The Balaban J connectivity index is 1.96. The zero-order valence-corrected chi connectivity index (χ0v) is 15.6. The first-order valence-electron chi connectivity index (χ1n) is 7.95. The minimum absolute atomic E-state index is 0.0415. The molecule has 0 bridgehead atoms. The smallest absolute Gasteiger partial charge is 0.251 e. The van der Waals surface area contributed by atoms with E-state index in [1.54, 1.807) is 17.0 Å². The van der Waals surface area contributed by atoms with E-state index in [0.717, 1.165) is 5.56 Å². The number of carbonyl (C=O) groups is 2. The van der Waals surface area contributed by atoms with Crippen LogP contribution in [0.25, 0.3) is 0 Å². The van der Waals surface area contributed by atoms with E-state index in [9.17, 15) is 9.59 Å². The summed E-state index contributed by atoms with van der Waals surface area (Å²) in [6, 6.07) is 14.4. The summed E-state index contributed by atoms with van der Waals surface area (Å²) in [6.45, 7) is 4.26. The van der Waals surface area contributed by atoms with Gasteiger partial charge in [-0.2, -0.15) is 0 Å². The number of nitrogens with zero attached hydrogens (tertiary/aromatic N) is 1. The highest BCUT2D eigenvalue weighted by Crippen LogP contribution is 2.22. The van der Waals surface area contributed by atoms with Crippen molar-refractivity contribution in [1.82, 2.24) is 10.2 Å². The summed E-state index contributed by atoms with van der Waals surface area (Å²) in [6.07, 6.45) is 0. The molecule has 2 aromatic rings. The van der Waals surface area contributed by atoms with Crippen LogP contribution in [-0.2, 0) is 4.79 Å². The van der Waals surface area contributed by atoms with Gasteiger partial charge in [0.2, 0.25) is 5.91 Å². The van der Waals surface area contributed by atoms with Crippen molar-refractivity contribution >= 4 is 35.0 Å². The molecular formula is C19H20Cl2N2O2. The average Bonchev–Trinajstić information content (AvgIpc) is 2.60. The molecule has 25 heavy (non-hydrogen) atoms. The molecule has 0 aromatic heterocycles. The summed E-state index contributed by atoms with van der Waals surface area (Å²) in [5.41, 5.74) is 1.48. The Kier molecular flexibility index (Phi) is 6.85. The van der Waals surface area contributed by atoms with Crippen molar-refractivity contribution in [3.63, 3.8) is 0 Å². The van der Waals surface area contributed by atoms with Gasteiger partial charge in [0.05, 0.1) is 16.1 Å². The highest BCUT2D eigenvalue weighted by Gasteiger charge is 2.18. The lowest BCUT2D eigenvalue weighted by Crippen LogP contribution is -2.39. The van der Waals surface area contributed by atoms with Crippen LogP contribution in [0.1, 0.15) is 35.8 Å². The van der Waals surface area contributed by atoms with Crippen molar-refractivity contribution in [3.8, 4) is 0 Å². The van der Waals surface area contributed by atoms with E-state index in [1.165, 1.54) is 13.0 Å². The fraction of sp³-hybridized carbons (Fsp3) is 0.263. The molecule has 0 aliphatic rings. The standard InChI is InChI=1S/C19H20Cl2N2O2/c1-13(15-6-4-3-5-7-15)23(14(2)24)11-10-22-19(25)16-8-9-17(20)18(21)12-16/h3-9,12-13H,10-11H2,1-2H3,(H,22,25). The number of rotatable bonds is 6. The molecule has 6 heteroatoms. The Hall–Kier alpha value is -2.04. The SMILES string of the molecule is CC(=O)N(CCNC(=O)c1ccc(Cl)c(Cl)c1)C(C)c1ccccc1. The fourth-order valence-electron chi connectivity index (χ4n) is 2.56. The number of benzene rings is 2. The van der Waals surface area contributed by atoms with E-state index in [0.29, 0.717) is 28.7 Å². The third kappa shape index (κ3) is 5.21. The second-order valence-electron chi connectivity index (χ2n) is 5.68. The molecule has 1 N–H and O–H groups in total. The topological polar surface area (TPSA) is 49.4 Å². The van der Waals surface area contributed by atoms with Crippen LogP contribution in [0.15, 0.2) is 48.5 Å². The molecule has 0 spiro atoms. The maximum absolute atomic E-state index is 12.2. The molecule has 1 unspecified atom stereocenters. The summed E-state index contributed by atoms with van der Waals surface area (Å²) >= 11 is 11.8. The summed E-state index contributed by atoms with van der Waals surface area (Å²) in [5.74, 6) is -0.297. The number of hydrogen-bond donors (Lipinski definition) is 1. The van der Waals surface area contributed by atoms with Crippen molar-refractivity contribution in [3.05, 3.63) is 69.7 Å². The average molecular weight is 379 g/mol. The predicted molar refractivity (Wildman–Crippen MR) is 101 cm³/mol. The zero-order chi connectivity index (χ0) is 18.4. The molecular weight excluding hydrogens is 359 g/mol. The van der Waals surface area contributed by atoms with Gasteiger partial charge in [-0.05, 0) is 30.7 Å². The third-order valence-corrected chi connectivity index (χ3v) is 4.71. The van der Waals surface area contributed by atoms with Crippen LogP contribution in [0.3, 0.4) is 0 Å². The van der Waals surface area contributed by atoms with Gasteiger partial charge >= 0.3 is 0 Å². The van der Waals surface area contributed by atoms with E-state index in [4.69, 9.17) is 23.2 Å². The van der Waals surface area contributed by atoms with E-state index < -0.39 is 0 Å². The Bertz CT molecular complexity index is 750. The third-order valence-electron chi connectivity index (χ3n) is 3.97. The first-order chi connectivity index (χ1) is 11.9. The van der Waals surface area contributed by atoms with Crippen LogP contribution in [0.4, 0.5) is 0 Å². The summed E-state index contributed by atoms with van der Waals surface area (Å²) < 4.78 is 0. The molecule has 0 saturated carbocycles. The predicted octanol–water partition coefficient (Wildman–Crippen LogP) is 4.33. The minimum Gasteiger partial charge on any atom is -0.350 e. The Morgan fingerprint density at radius 1 is 1.08 bits per heavy atom. The largest absolute Gasteiger partial charge is 0.350 e. The molecule has 1 atom stereocenters. The quantitative estimate of drug-likeness (QED) is 0.812. The maximum Gasteiger partial charge on any atom is 0.251 e. The normalized spacial score (nSPS) is 11.7. The molecule has 0 radical (unpaired) electrons. The molecule has 0 aliphatic heterocycles. The fourth-order valence-corrected chi connectivity index (χ4v) is 2.86. The Morgan fingerprint density at radius 2 is 1.76 bits per heavy atom. The highest BCUT2D eigenvalue weighted by molar-refractivity contribution is 6.42. The molecule has 2 aromatic carbocycles. The lowest BCUT2D eigenvalue weighted by Gasteiger charge is -2.28. The summed E-state index contributed by atoms with van der Waals surface area (Å²) in [4.78, 5) is 25.9. The van der Waals surface area contributed by atoms with Gasteiger partial charge in [0.1, 0.15) is 0 Å². The molecule has 0 heterocycles. The van der Waals surface area contributed by atoms with Crippen LogP contribution in [0.5, 0.6) is 0 Å². The van der Waals surface area contributed by atoms with Crippen molar-refractivity contribution in [2.24, 2.45) is 0 Å². The first-order valence-corrected chi connectivity index (χ1v) is 8.71. The number of amides is 2. The number of hydrogen-bond acceptors (Lipinski definition) is 2. The zero-order valence-electron chi connectivity index (χ0n) is 14.1. The highest BCUT2D eigenvalue weighted by atomic mass is 35.5. The van der Waals surface area contributed by atoms with Gasteiger partial charge in [-0.15, -0.1) is 0 Å². The van der Waals surface area contributed by atoms with E-state index in [2.05, 4.69) is 5.32 Å². The van der Waals surface area contributed by atoms with Gasteiger partial charge in [0, 0.05) is 25.6 Å². The van der Waals surface area contributed by atoms with Gasteiger partial charge in [0.25, 0.3) is 5.91 Å². The molecule has 4 nitrogen and oxygen atoms in total. The first kappa shape index (κ1) is 19.3. The molecule has 132 valence electrons. The minimum atomic E-state index is -0.255. The molecule has 0 saturated heterocycles. The Morgan fingerprint density at radius 3 is 2.36 bits per heavy atom. The van der Waals surface area contributed by atoms with Crippen molar-refractivity contribution in [2.45, 2.75) is 19.9 Å². The molecule has 0 aliphatic carbocycles. The lowest BCUT2D eigenvalue weighted by molar-refractivity contribution is -0.130. The van der Waals surface area contributed by atoms with E-state index >= 15 is 0 Å². The van der Waals surface area contributed by atoms with Crippen molar-refractivity contribution in [2.75, 3.05) is 13.1 Å². The van der Waals surface area contributed by atoms with Gasteiger partial charge in [-0.1, -0.05) is 53.5 Å². The van der Waals surface area contributed by atoms with Crippen LogP contribution in [0.2, 0.25) is 10.0 Å². The van der Waals surface area contributed by atoms with Crippen molar-refractivity contribution < 1.29 is 9.59 Å². The summed E-state index contributed by atoms with van der Waals surface area (Å²) in [5, 5.41) is 3.53. The van der Waals surface area contributed by atoms with Crippen LogP contribution < -0.4 is 5.32 Å². The van der Waals surface area contributed by atoms with E-state index in [1.807, 2.05) is 37.3 Å². The Labute approximate surface area is 157 Å². The number of halogens is 2. The van der Waals surface area contributed by atoms with Gasteiger partial charge in [-0.3, -0.25) is 9.59 Å². The summed E-state index contributed by atoms with van der Waals surface area (Å²) in [7, 11) is 0. The lowest BCUT2D eigenvalue weighted by atomic mass is 10.1. The second kappa shape index (κ2) is 8.88. The van der Waals surface area contributed by atoms with Gasteiger partial charge < -0.3 is 10.2 Å². The van der Waals surface area contributed by atoms with Crippen LogP contribution in [-0.4, -0.2) is 29.8 Å². The van der Waals surface area contributed by atoms with Gasteiger partial charge in [-0.25, -0.2) is 0 Å². The van der Waals surface area contributed by atoms with Crippen LogP contribution >= 0.6 is 23.2 Å². The monoisotopic (exact) mass is 378 g/mol. The number of carbonyl (C=O) groups excluding carboxylic acids is 2. The molecule has 2 amide bonds. The number of nitrogens with one attached hydrogen (secondary N) is 1.